The van der Waals surface area contributed by atoms with Gasteiger partial charge in [-0.05, 0) is 31.0 Å². The van der Waals surface area contributed by atoms with E-state index in [9.17, 15) is 9.59 Å². The Morgan fingerprint density at radius 1 is 1.11 bits per heavy atom. The summed E-state index contributed by atoms with van der Waals surface area (Å²) in [5, 5.41) is 12.1. The number of halogens is 1. The third kappa shape index (κ3) is 4.40. The number of aryl methyl sites for hydroxylation is 2. The zero-order valence-electron chi connectivity index (χ0n) is 19.7. The predicted octanol–water partition coefficient (Wildman–Crippen LogP) is 4.00. The van der Waals surface area contributed by atoms with Gasteiger partial charge >= 0.3 is 0 Å². The summed E-state index contributed by atoms with van der Waals surface area (Å²) in [7, 11) is 0. The van der Waals surface area contributed by atoms with E-state index in [-0.39, 0.29) is 18.0 Å². The highest BCUT2D eigenvalue weighted by atomic mass is 35.5. The quantitative estimate of drug-likeness (QED) is 0.360. The van der Waals surface area contributed by atoms with E-state index < -0.39 is 0 Å². The van der Waals surface area contributed by atoms with Gasteiger partial charge in [-0.15, -0.1) is 0 Å². The van der Waals surface area contributed by atoms with Crippen LogP contribution in [0.25, 0.3) is 22.3 Å². The summed E-state index contributed by atoms with van der Waals surface area (Å²) in [5.74, 6) is 0.0523. The monoisotopic (exact) mass is 502 g/mol. The summed E-state index contributed by atoms with van der Waals surface area (Å²) >= 11 is 6.29. The van der Waals surface area contributed by atoms with Gasteiger partial charge < -0.3 is 9.84 Å². The molecule has 0 aliphatic rings. The van der Waals surface area contributed by atoms with Crippen LogP contribution in [0, 0.1) is 13.8 Å². The van der Waals surface area contributed by atoms with Crippen molar-refractivity contribution < 1.29 is 9.32 Å². The van der Waals surface area contributed by atoms with Crippen molar-refractivity contribution in [2.24, 2.45) is 0 Å². The van der Waals surface area contributed by atoms with Gasteiger partial charge in [-0.2, -0.15) is 5.10 Å². The van der Waals surface area contributed by atoms with Gasteiger partial charge in [0.1, 0.15) is 28.7 Å². The van der Waals surface area contributed by atoms with E-state index in [1.54, 1.807) is 34.4 Å². The van der Waals surface area contributed by atoms with Crippen molar-refractivity contribution in [1.82, 2.24) is 29.8 Å². The molecular weight excluding hydrogens is 480 g/mol. The smallest absolute Gasteiger partial charge is 0.264 e. The number of amides is 1. The Bertz CT molecular complexity index is 1630. The predicted molar refractivity (Wildman–Crippen MR) is 136 cm³/mol. The Morgan fingerprint density at radius 3 is 2.69 bits per heavy atom. The molecule has 0 spiro atoms. The maximum Gasteiger partial charge on any atom is 0.264 e. The largest absolute Gasteiger partial charge is 0.360 e. The van der Waals surface area contributed by atoms with Gasteiger partial charge in [-0.3, -0.25) is 14.2 Å². The third-order valence-electron chi connectivity index (χ3n) is 6.05. The molecule has 2 aromatic carbocycles. The third-order valence-corrected chi connectivity index (χ3v) is 6.38. The fourth-order valence-electron chi connectivity index (χ4n) is 4.09. The van der Waals surface area contributed by atoms with Crippen molar-refractivity contribution in [2.75, 3.05) is 6.54 Å². The van der Waals surface area contributed by atoms with Gasteiger partial charge in [-0.25, -0.2) is 9.67 Å². The molecule has 1 N–H and O–H groups in total. The summed E-state index contributed by atoms with van der Waals surface area (Å²) in [6.07, 6.45) is 3.05. The van der Waals surface area contributed by atoms with Crippen LogP contribution in [-0.4, -0.2) is 36.9 Å². The molecule has 5 rings (SSSR count). The van der Waals surface area contributed by atoms with Gasteiger partial charge in [0.05, 0.1) is 24.3 Å². The van der Waals surface area contributed by atoms with Crippen molar-refractivity contribution in [3.05, 3.63) is 98.9 Å². The Balaban J connectivity index is 1.31. The Labute approximate surface area is 211 Å². The molecule has 182 valence electrons. The van der Waals surface area contributed by atoms with Crippen LogP contribution >= 0.6 is 11.6 Å². The van der Waals surface area contributed by atoms with Crippen molar-refractivity contribution in [2.45, 2.75) is 26.9 Å². The Kier molecular flexibility index (Phi) is 6.39. The minimum Gasteiger partial charge on any atom is -0.360 e. The molecule has 1 amide bonds. The first-order valence-corrected chi connectivity index (χ1v) is 11.8. The fraction of sp³-hybridized carbons (Fsp3) is 0.192. The van der Waals surface area contributed by atoms with Crippen molar-refractivity contribution in [3.63, 3.8) is 0 Å². The van der Waals surface area contributed by atoms with Gasteiger partial charge in [0.15, 0.2) is 5.65 Å². The zero-order chi connectivity index (χ0) is 25.2. The van der Waals surface area contributed by atoms with Gasteiger partial charge in [0, 0.05) is 12.1 Å². The Hall–Kier alpha value is -4.24. The number of carbonyl (C=O) groups is 1. The normalized spacial score (nSPS) is 11.2. The molecule has 0 saturated heterocycles. The topological polar surface area (TPSA) is 108 Å². The number of benzene rings is 2. The molecule has 0 aliphatic heterocycles. The molecule has 0 saturated carbocycles. The molecule has 5 aromatic rings. The van der Waals surface area contributed by atoms with Crippen LogP contribution in [0.3, 0.4) is 0 Å². The second-order valence-corrected chi connectivity index (χ2v) is 8.81. The molecule has 10 heteroatoms. The highest BCUT2D eigenvalue weighted by molar-refractivity contribution is 6.33. The fourth-order valence-corrected chi connectivity index (χ4v) is 4.31. The number of carbonyl (C=O) groups excluding carboxylic acids is 1. The van der Waals surface area contributed by atoms with Crippen LogP contribution in [0.15, 0.2) is 70.4 Å². The van der Waals surface area contributed by atoms with Crippen LogP contribution < -0.4 is 10.9 Å². The summed E-state index contributed by atoms with van der Waals surface area (Å²) in [6, 6.07) is 15.1. The first-order chi connectivity index (χ1) is 17.4. The summed E-state index contributed by atoms with van der Waals surface area (Å²) in [4.78, 5) is 30.4. The maximum atomic E-state index is 13.0. The number of fused-ring (bicyclic) bond motifs is 1. The molecule has 36 heavy (non-hydrogen) atoms. The highest BCUT2D eigenvalue weighted by Crippen LogP contribution is 2.30. The number of hydrogen-bond donors (Lipinski definition) is 1. The lowest BCUT2D eigenvalue weighted by molar-refractivity contribution is 0.0951. The molecule has 3 aromatic heterocycles. The van der Waals surface area contributed by atoms with Crippen molar-refractivity contribution in [3.8, 4) is 11.3 Å². The SMILES string of the molecule is Cc1ccccc1Cn1cnc2c(cnn2CCNC(=O)c2c(-c3ccccc3Cl)noc2C)c1=O. The number of rotatable bonds is 7. The standard InChI is InChI=1S/C26H23ClN6O3/c1-16-7-3-4-8-18(16)14-32-15-29-24-20(26(32)35)13-30-33(24)12-11-28-25(34)22-17(2)36-31-23(22)19-9-5-6-10-21(19)27/h3-10,13,15H,11-12,14H2,1-2H3,(H,28,34). The highest BCUT2D eigenvalue weighted by Gasteiger charge is 2.23. The number of aromatic nitrogens is 5. The molecule has 3 heterocycles. The van der Waals surface area contributed by atoms with E-state index in [2.05, 4.69) is 20.6 Å². The lowest BCUT2D eigenvalue weighted by atomic mass is 10.1. The van der Waals surface area contributed by atoms with Gasteiger partial charge in [0.2, 0.25) is 0 Å². The molecular formula is C26H23ClN6O3. The summed E-state index contributed by atoms with van der Waals surface area (Å²) in [5.41, 5.74) is 3.79. The van der Waals surface area contributed by atoms with E-state index in [0.717, 1.165) is 11.1 Å². The van der Waals surface area contributed by atoms with Crippen LogP contribution in [0.2, 0.25) is 5.02 Å². The van der Waals surface area contributed by atoms with Crippen LogP contribution in [0.5, 0.6) is 0 Å². The molecule has 0 atom stereocenters. The summed E-state index contributed by atoms with van der Waals surface area (Å²) in [6.45, 7) is 4.71. The molecule has 0 radical (unpaired) electrons. The Morgan fingerprint density at radius 2 is 1.89 bits per heavy atom. The number of nitrogens with zero attached hydrogens (tertiary/aromatic N) is 5. The van der Waals surface area contributed by atoms with Gasteiger partial charge in [0.25, 0.3) is 11.5 Å². The van der Waals surface area contributed by atoms with Crippen LogP contribution in [-0.2, 0) is 13.1 Å². The van der Waals surface area contributed by atoms with Crippen molar-refractivity contribution >= 4 is 28.5 Å². The lowest BCUT2D eigenvalue weighted by Crippen LogP contribution is -2.28. The lowest BCUT2D eigenvalue weighted by Gasteiger charge is -2.09. The second-order valence-electron chi connectivity index (χ2n) is 8.41. The molecule has 0 unspecified atom stereocenters. The first-order valence-electron chi connectivity index (χ1n) is 11.4. The molecule has 9 nitrogen and oxygen atoms in total. The number of hydrogen-bond acceptors (Lipinski definition) is 6. The zero-order valence-corrected chi connectivity index (χ0v) is 20.5. The van der Waals surface area contributed by atoms with E-state index >= 15 is 0 Å². The summed E-state index contributed by atoms with van der Waals surface area (Å²) < 4.78 is 8.45. The van der Waals surface area contributed by atoms with Gasteiger partial charge in [-0.1, -0.05) is 59.2 Å². The van der Waals surface area contributed by atoms with E-state index in [1.807, 2.05) is 37.3 Å². The molecule has 0 aliphatic carbocycles. The van der Waals surface area contributed by atoms with Crippen LogP contribution in [0.1, 0.15) is 27.2 Å². The minimum absolute atomic E-state index is 0.164. The van der Waals surface area contributed by atoms with Crippen molar-refractivity contribution in [1.29, 1.82) is 0 Å². The molecule has 0 fully saturated rings. The first kappa shape index (κ1) is 23.5. The molecule has 0 bridgehead atoms. The maximum absolute atomic E-state index is 13.0. The average Bonchev–Trinajstić information content (AvgIpc) is 3.46. The minimum atomic E-state index is -0.339. The number of nitrogens with one attached hydrogen (secondary N) is 1. The second kappa shape index (κ2) is 9.79. The van der Waals surface area contributed by atoms with E-state index in [0.29, 0.717) is 51.7 Å². The van der Waals surface area contributed by atoms with Crippen LogP contribution in [0.4, 0.5) is 0 Å². The average molecular weight is 503 g/mol. The van der Waals surface area contributed by atoms with E-state index in [1.165, 1.54) is 12.5 Å². The van der Waals surface area contributed by atoms with E-state index in [4.69, 9.17) is 16.1 Å².